The topological polar surface area (TPSA) is 107 Å². The van der Waals surface area contributed by atoms with Gasteiger partial charge in [-0.3, -0.25) is 10.7 Å². The quantitative estimate of drug-likeness (QED) is 0.197. The number of amidine groups is 1. The number of nitrogens with two attached hydrogens (primary N) is 1. The maximum absolute atomic E-state index is 12.6. The Morgan fingerprint density at radius 3 is 2.60 bits per heavy atom. The highest BCUT2D eigenvalue weighted by molar-refractivity contribution is 7.20. The zero-order chi connectivity index (χ0) is 24.8. The van der Waals surface area contributed by atoms with Crippen LogP contribution in [0.4, 0.5) is 10.5 Å². The maximum atomic E-state index is 12.6. The summed E-state index contributed by atoms with van der Waals surface area (Å²) < 4.78 is 18.0. The van der Waals surface area contributed by atoms with Crippen LogP contribution in [-0.4, -0.2) is 25.6 Å². The lowest BCUT2D eigenvalue weighted by atomic mass is 10.1. The third kappa shape index (κ3) is 5.98. The van der Waals surface area contributed by atoms with Crippen LogP contribution in [0.15, 0.2) is 72.8 Å². The molecule has 1 heterocycles. The molecule has 1 aromatic heterocycles. The largest absolute Gasteiger partial charge is 0.481 e. The van der Waals surface area contributed by atoms with Crippen molar-refractivity contribution in [2.75, 3.05) is 19.0 Å². The molecule has 0 aliphatic rings. The molecule has 4 N–H and O–H groups in total. The van der Waals surface area contributed by atoms with Gasteiger partial charge in [0.05, 0.1) is 11.5 Å². The van der Waals surface area contributed by atoms with Crippen LogP contribution in [0.2, 0.25) is 0 Å². The first-order valence-corrected chi connectivity index (χ1v) is 11.9. The highest BCUT2D eigenvalue weighted by Gasteiger charge is 2.19. The van der Waals surface area contributed by atoms with Gasteiger partial charge in [0.2, 0.25) is 0 Å². The molecule has 4 aromatic rings. The molecule has 0 bridgehead atoms. The predicted molar refractivity (Wildman–Crippen MR) is 140 cm³/mol. The Balaban J connectivity index is 1.50. The first-order valence-electron chi connectivity index (χ1n) is 11.1. The molecule has 1 unspecified atom stereocenters. The molecule has 0 aliphatic carbocycles. The van der Waals surface area contributed by atoms with Gasteiger partial charge in [0.25, 0.3) is 0 Å². The number of fused-ring (bicyclic) bond motifs is 1. The molecular formula is C27H27N3O4S. The highest BCUT2D eigenvalue weighted by atomic mass is 32.1. The Kier molecular flexibility index (Phi) is 7.64. The van der Waals surface area contributed by atoms with Gasteiger partial charge in [0.1, 0.15) is 18.2 Å². The molecule has 0 saturated heterocycles. The van der Waals surface area contributed by atoms with E-state index in [9.17, 15) is 4.79 Å². The molecule has 4 rings (SSSR count). The fourth-order valence-electron chi connectivity index (χ4n) is 3.71. The third-order valence-electron chi connectivity index (χ3n) is 5.43. The number of ether oxygens (including phenoxy) is 3. The number of methoxy groups -OCH3 is 1. The Labute approximate surface area is 207 Å². The molecule has 0 spiro atoms. The number of rotatable bonds is 9. The number of carbonyl (C=O) groups excluding carboxylic acids is 1. The molecule has 35 heavy (non-hydrogen) atoms. The molecule has 1 amide bonds. The molecule has 3 aromatic carbocycles. The SMILES string of the molecule is COCc1ccc(NC(=O)OCC(Oc2cccc3sc(C(=N)N)cc23)c2ccccc2)c(C)c1. The van der Waals surface area contributed by atoms with E-state index in [1.165, 1.54) is 11.3 Å². The Bertz CT molecular complexity index is 1340. The summed E-state index contributed by atoms with van der Waals surface area (Å²) in [6.07, 6.45) is -1.09. The second kappa shape index (κ2) is 11.0. The standard InChI is InChI=1S/C27H27N3O4S/c1-17-13-18(15-32-2)11-12-21(17)30-27(31)33-16-23(19-7-4-3-5-8-19)34-22-9-6-10-24-20(22)14-25(35-24)26(28)29/h3-14,23H,15-16H2,1-2H3,(H3,28,29)(H,30,31). The van der Waals surface area contributed by atoms with E-state index < -0.39 is 12.2 Å². The van der Waals surface area contributed by atoms with E-state index >= 15 is 0 Å². The number of nitrogen functional groups attached to an aromatic ring is 1. The van der Waals surface area contributed by atoms with Crippen LogP contribution >= 0.6 is 11.3 Å². The van der Waals surface area contributed by atoms with Gasteiger partial charge in [0.15, 0.2) is 6.10 Å². The summed E-state index contributed by atoms with van der Waals surface area (Å²) in [5.74, 6) is 0.649. The second-order valence-electron chi connectivity index (χ2n) is 8.02. The maximum Gasteiger partial charge on any atom is 0.411 e. The summed E-state index contributed by atoms with van der Waals surface area (Å²) in [4.78, 5) is 13.3. The fraction of sp³-hybridized carbons (Fsp3) is 0.185. The van der Waals surface area contributed by atoms with Gasteiger partial charge in [-0.2, -0.15) is 0 Å². The van der Waals surface area contributed by atoms with Crippen molar-refractivity contribution < 1.29 is 19.0 Å². The zero-order valence-corrected chi connectivity index (χ0v) is 20.4. The molecule has 180 valence electrons. The number of anilines is 1. The van der Waals surface area contributed by atoms with Crippen molar-refractivity contribution in [3.8, 4) is 5.75 Å². The lowest BCUT2D eigenvalue weighted by Crippen LogP contribution is -2.21. The fourth-order valence-corrected chi connectivity index (χ4v) is 4.65. The van der Waals surface area contributed by atoms with Crippen LogP contribution in [0.25, 0.3) is 10.1 Å². The predicted octanol–water partition coefficient (Wildman–Crippen LogP) is 6.01. The Morgan fingerprint density at radius 2 is 1.89 bits per heavy atom. The summed E-state index contributed by atoms with van der Waals surface area (Å²) in [6.45, 7) is 2.44. The third-order valence-corrected chi connectivity index (χ3v) is 6.57. The van der Waals surface area contributed by atoms with Crippen LogP contribution in [0.5, 0.6) is 5.75 Å². The van der Waals surface area contributed by atoms with Crippen molar-refractivity contribution in [1.29, 1.82) is 5.41 Å². The summed E-state index contributed by atoms with van der Waals surface area (Å²) in [5.41, 5.74) is 9.17. The number of benzene rings is 3. The lowest BCUT2D eigenvalue weighted by Gasteiger charge is -2.20. The smallest absolute Gasteiger partial charge is 0.411 e. The summed E-state index contributed by atoms with van der Waals surface area (Å²) in [7, 11) is 1.64. The van der Waals surface area contributed by atoms with Gasteiger partial charge in [-0.15, -0.1) is 11.3 Å². The molecule has 1 atom stereocenters. The van der Waals surface area contributed by atoms with Gasteiger partial charge >= 0.3 is 6.09 Å². The number of hydrogen-bond acceptors (Lipinski definition) is 6. The van der Waals surface area contributed by atoms with Crippen molar-refractivity contribution in [2.45, 2.75) is 19.6 Å². The Morgan fingerprint density at radius 1 is 1.09 bits per heavy atom. The normalized spacial score (nSPS) is 11.7. The number of aryl methyl sites for hydroxylation is 1. The minimum atomic E-state index is -0.565. The molecular weight excluding hydrogens is 462 g/mol. The average Bonchev–Trinajstić information content (AvgIpc) is 3.30. The van der Waals surface area contributed by atoms with Crippen molar-refractivity contribution in [2.24, 2.45) is 5.73 Å². The first kappa shape index (κ1) is 24.3. The van der Waals surface area contributed by atoms with Crippen molar-refractivity contribution in [3.05, 3.63) is 94.4 Å². The van der Waals surface area contributed by atoms with E-state index in [-0.39, 0.29) is 12.4 Å². The molecule has 0 aliphatic heterocycles. The number of amides is 1. The van der Waals surface area contributed by atoms with Gasteiger partial charge < -0.3 is 19.9 Å². The summed E-state index contributed by atoms with van der Waals surface area (Å²) in [6, 6.07) is 22.9. The van der Waals surface area contributed by atoms with Crippen molar-refractivity contribution in [1.82, 2.24) is 0 Å². The van der Waals surface area contributed by atoms with Crippen LogP contribution in [-0.2, 0) is 16.1 Å². The van der Waals surface area contributed by atoms with Crippen LogP contribution in [0.3, 0.4) is 0 Å². The van der Waals surface area contributed by atoms with Crippen LogP contribution in [0, 0.1) is 12.3 Å². The first-order chi connectivity index (χ1) is 16.9. The highest BCUT2D eigenvalue weighted by Crippen LogP contribution is 2.35. The monoisotopic (exact) mass is 489 g/mol. The van der Waals surface area contributed by atoms with E-state index in [1.54, 1.807) is 7.11 Å². The molecule has 0 saturated carbocycles. The summed E-state index contributed by atoms with van der Waals surface area (Å²) >= 11 is 1.43. The summed E-state index contributed by atoms with van der Waals surface area (Å²) in [5, 5.41) is 11.4. The molecule has 7 nitrogen and oxygen atoms in total. The van der Waals surface area contributed by atoms with Crippen LogP contribution < -0.4 is 15.8 Å². The number of thiophene rings is 1. The van der Waals surface area contributed by atoms with E-state index in [0.717, 1.165) is 26.8 Å². The van der Waals surface area contributed by atoms with E-state index in [4.69, 9.17) is 25.4 Å². The minimum Gasteiger partial charge on any atom is -0.481 e. The van der Waals surface area contributed by atoms with Gasteiger partial charge in [-0.1, -0.05) is 48.5 Å². The van der Waals surface area contributed by atoms with Crippen molar-refractivity contribution in [3.63, 3.8) is 0 Å². The molecule has 0 radical (unpaired) electrons. The molecule has 0 fully saturated rings. The van der Waals surface area contributed by atoms with E-state index in [0.29, 0.717) is 22.9 Å². The minimum absolute atomic E-state index is 0.0107. The zero-order valence-electron chi connectivity index (χ0n) is 19.5. The van der Waals surface area contributed by atoms with Crippen molar-refractivity contribution >= 4 is 39.0 Å². The van der Waals surface area contributed by atoms with E-state index in [1.807, 2.05) is 79.7 Å². The van der Waals surface area contributed by atoms with Gasteiger partial charge in [-0.25, -0.2) is 4.79 Å². The second-order valence-corrected chi connectivity index (χ2v) is 9.10. The van der Waals surface area contributed by atoms with Crippen LogP contribution in [0.1, 0.15) is 27.7 Å². The number of carbonyl (C=O) groups is 1. The van der Waals surface area contributed by atoms with Gasteiger partial charge in [-0.05, 0) is 47.9 Å². The number of nitrogens with one attached hydrogen (secondary N) is 2. The van der Waals surface area contributed by atoms with E-state index in [2.05, 4.69) is 5.32 Å². The lowest BCUT2D eigenvalue weighted by molar-refractivity contribution is 0.0910. The Hall–Kier alpha value is -3.88. The molecule has 8 heteroatoms. The average molecular weight is 490 g/mol. The number of hydrogen-bond donors (Lipinski definition) is 3. The van der Waals surface area contributed by atoms with Gasteiger partial charge in [0, 0.05) is 22.9 Å².